The quantitative estimate of drug-likeness (QED) is 0.717. The molecule has 1 aliphatic rings. The highest BCUT2D eigenvalue weighted by Gasteiger charge is 2.21. The van der Waals surface area contributed by atoms with Crippen molar-refractivity contribution in [3.63, 3.8) is 0 Å². The maximum atomic E-state index is 13.0. The third kappa shape index (κ3) is 6.02. The fourth-order valence-electron chi connectivity index (χ4n) is 3.64. The second-order valence-corrected chi connectivity index (χ2v) is 7.74. The van der Waals surface area contributed by atoms with Crippen LogP contribution in [0.2, 0.25) is 0 Å². The molecule has 0 aliphatic carbocycles. The molecule has 0 atom stereocenters. The van der Waals surface area contributed by atoms with Crippen LogP contribution in [0, 0.1) is 12.7 Å². The molecule has 0 radical (unpaired) electrons. The van der Waals surface area contributed by atoms with Crippen molar-refractivity contribution in [1.82, 2.24) is 14.7 Å². The first kappa shape index (κ1) is 21.3. The second-order valence-electron chi connectivity index (χ2n) is 7.74. The summed E-state index contributed by atoms with van der Waals surface area (Å²) in [6.45, 7) is 7.43. The summed E-state index contributed by atoms with van der Waals surface area (Å²) in [7, 11) is 3.51. The van der Waals surface area contributed by atoms with Crippen molar-refractivity contribution >= 4 is 5.91 Å². The molecule has 0 saturated carbocycles. The Morgan fingerprint density at radius 1 is 1.07 bits per heavy atom. The minimum absolute atomic E-state index is 0.0862. The van der Waals surface area contributed by atoms with E-state index in [1.165, 1.54) is 23.3 Å². The Labute approximate surface area is 172 Å². The van der Waals surface area contributed by atoms with Crippen LogP contribution in [-0.2, 0) is 17.9 Å². The number of methoxy groups -OCH3 is 1. The Balaban J connectivity index is 1.46. The normalized spacial score (nSPS) is 15.3. The summed E-state index contributed by atoms with van der Waals surface area (Å²) < 4.78 is 18.5. The smallest absolute Gasteiger partial charge is 0.236 e. The monoisotopic (exact) mass is 399 g/mol. The van der Waals surface area contributed by atoms with Crippen molar-refractivity contribution in [3.8, 4) is 5.75 Å². The standard InChI is InChI=1S/C23H30FN3O2/c1-18-4-9-22(29-3)20(14-18)16-26-10-12-27(13-11-26)17-23(28)25(2)15-19-5-7-21(24)8-6-19/h4-9,14H,10-13,15-17H2,1-3H3. The van der Waals surface area contributed by atoms with Crippen LogP contribution in [0.25, 0.3) is 0 Å². The molecular weight excluding hydrogens is 369 g/mol. The van der Waals surface area contributed by atoms with Gasteiger partial charge in [-0.2, -0.15) is 0 Å². The van der Waals surface area contributed by atoms with Crippen LogP contribution in [0.3, 0.4) is 0 Å². The van der Waals surface area contributed by atoms with Crippen LogP contribution < -0.4 is 4.74 Å². The molecule has 1 aliphatic heterocycles. The van der Waals surface area contributed by atoms with Gasteiger partial charge in [0.05, 0.1) is 13.7 Å². The van der Waals surface area contributed by atoms with Gasteiger partial charge in [-0.3, -0.25) is 14.6 Å². The lowest BCUT2D eigenvalue weighted by Gasteiger charge is -2.35. The van der Waals surface area contributed by atoms with E-state index in [1.807, 2.05) is 6.07 Å². The summed E-state index contributed by atoms with van der Waals surface area (Å²) >= 11 is 0. The SMILES string of the molecule is COc1ccc(C)cc1CN1CCN(CC(=O)N(C)Cc2ccc(F)cc2)CC1. The van der Waals surface area contributed by atoms with Gasteiger partial charge < -0.3 is 9.64 Å². The Morgan fingerprint density at radius 2 is 1.72 bits per heavy atom. The number of ether oxygens (including phenoxy) is 1. The van der Waals surface area contributed by atoms with Crippen LogP contribution in [0.15, 0.2) is 42.5 Å². The molecule has 0 aromatic heterocycles. The molecular formula is C23H30FN3O2. The number of hydrogen-bond donors (Lipinski definition) is 0. The van der Waals surface area contributed by atoms with E-state index in [0.717, 1.165) is 44.0 Å². The van der Waals surface area contributed by atoms with E-state index in [0.29, 0.717) is 13.1 Å². The van der Waals surface area contributed by atoms with Crippen LogP contribution in [0.5, 0.6) is 5.75 Å². The highest BCUT2D eigenvalue weighted by molar-refractivity contribution is 5.78. The molecule has 5 nitrogen and oxygen atoms in total. The van der Waals surface area contributed by atoms with Gasteiger partial charge in [0, 0.05) is 51.9 Å². The van der Waals surface area contributed by atoms with E-state index < -0.39 is 0 Å². The Morgan fingerprint density at radius 3 is 2.38 bits per heavy atom. The van der Waals surface area contributed by atoms with Crippen LogP contribution in [-0.4, -0.2) is 67.5 Å². The number of carbonyl (C=O) groups excluding carboxylic acids is 1. The lowest BCUT2D eigenvalue weighted by molar-refractivity contribution is -0.132. The van der Waals surface area contributed by atoms with Crippen molar-refractivity contribution in [2.45, 2.75) is 20.0 Å². The van der Waals surface area contributed by atoms with Gasteiger partial charge in [0.15, 0.2) is 0 Å². The van der Waals surface area contributed by atoms with Gasteiger partial charge in [-0.1, -0.05) is 29.8 Å². The molecule has 2 aromatic rings. The van der Waals surface area contributed by atoms with Gasteiger partial charge in [0.25, 0.3) is 0 Å². The average molecular weight is 400 g/mol. The molecule has 29 heavy (non-hydrogen) atoms. The Kier molecular flexibility index (Phi) is 7.23. The van der Waals surface area contributed by atoms with Gasteiger partial charge in [-0.25, -0.2) is 4.39 Å². The Hall–Kier alpha value is -2.44. The molecule has 0 spiro atoms. The summed E-state index contributed by atoms with van der Waals surface area (Å²) in [5.41, 5.74) is 3.37. The molecule has 6 heteroatoms. The van der Waals surface area contributed by atoms with Gasteiger partial charge in [-0.05, 0) is 30.7 Å². The number of amides is 1. The largest absolute Gasteiger partial charge is 0.496 e. The summed E-state index contributed by atoms with van der Waals surface area (Å²) in [6.07, 6.45) is 0. The van der Waals surface area contributed by atoms with Crippen molar-refractivity contribution in [3.05, 3.63) is 65.0 Å². The van der Waals surface area contributed by atoms with Gasteiger partial charge in [0.2, 0.25) is 5.91 Å². The minimum Gasteiger partial charge on any atom is -0.496 e. The molecule has 1 fully saturated rings. The van der Waals surface area contributed by atoms with Crippen LogP contribution >= 0.6 is 0 Å². The average Bonchev–Trinajstić information content (AvgIpc) is 2.71. The maximum absolute atomic E-state index is 13.0. The number of aryl methyl sites for hydroxylation is 1. The van der Waals surface area contributed by atoms with Crippen LogP contribution in [0.4, 0.5) is 4.39 Å². The number of rotatable bonds is 7. The van der Waals surface area contributed by atoms with Gasteiger partial charge in [-0.15, -0.1) is 0 Å². The molecule has 0 unspecified atom stereocenters. The molecule has 1 heterocycles. The number of carbonyl (C=O) groups is 1. The third-order valence-corrected chi connectivity index (χ3v) is 5.41. The van der Waals surface area contributed by atoms with Crippen molar-refractivity contribution in [2.75, 3.05) is 46.9 Å². The Bertz CT molecular complexity index is 817. The first-order chi connectivity index (χ1) is 13.9. The van der Waals surface area contributed by atoms with E-state index in [9.17, 15) is 9.18 Å². The summed E-state index contributed by atoms with van der Waals surface area (Å²) in [6, 6.07) is 12.6. The molecule has 1 saturated heterocycles. The number of likely N-dealkylation sites (N-methyl/N-ethyl adjacent to an activating group) is 1. The van der Waals surface area contributed by atoms with E-state index in [4.69, 9.17) is 4.74 Å². The number of hydrogen-bond acceptors (Lipinski definition) is 4. The predicted octanol–water partition coefficient (Wildman–Crippen LogP) is 2.92. The molecule has 0 bridgehead atoms. The number of piperazine rings is 1. The highest BCUT2D eigenvalue weighted by atomic mass is 19.1. The molecule has 2 aromatic carbocycles. The number of benzene rings is 2. The third-order valence-electron chi connectivity index (χ3n) is 5.41. The van der Waals surface area contributed by atoms with Crippen molar-refractivity contribution < 1.29 is 13.9 Å². The van der Waals surface area contributed by atoms with E-state index in [2.05, 4.69) is 28.9 Å². The van der Waals surface area contributed by atoms with E-state index >= 15 is 0 Å². The fourth-order valence-corrected chi connectivity index (χ4v) is 3.64. The summed E-state index contributed by atoms with van der Waals surface area (Å²) in [4.78, 5) is 18.9. The zero-order valence-electron chi connectivity index (χ0n) is 17.5. The van der Waals surface area contributed by atoms with Crippen molar-refractivity contribution in [1.29, 1.82) is 0 Å². The molecule has 1 amide bonds. The molecule has 156 valence electrons. The zero-order chi connectivity index (χ0) is 20.8. The first-order valence-electron chi connectivity index (χ1n) is 10.0. The lowest BCUT2D eigenvalue weighted by atomic mass is 10.1. The summed E-state index contributed by atoms with van der Waals surface area (Å²) in [5.74, 6) is 0.752. The highest BCUT2D eigenvalue weighted by Crippen LogP contribution is 2.22. The van der Waals surface area contributed by atoms with Crippen LogP contribution in [0.1, 0.15) is 16.7 Å². The van der Waals surface area contributed by atoms with E-state index in [-0.39, 0.29) is 11.7 Å². The van der Waals surface area contributed by atoms with E-state index in [1.54, 1.807) is 31.2 Å². The zero-order valence-corrected chi connectivity index (χ0v) is 17.5. The maximum Gasteiger partial charge on any atom is 0.236 e. The number of nitrogens with zero attached hydrogens (tertiary/aromatic N) is 3. The first-order valence-corrected chi connectivity index (χ1v) is 10.0. The lowest BCUT2D eigenvalue weighted by Crippen LogP contribution is -2.49. The fraction of sp³-hybridized carbons (Fsp3) is 0.435. The topological polar surface area (TPSA) is 36.0 Å². The van der Waals surface area contributed by atoms with Gasteiger partial charge >= 0.3 is 0 Å². The summed E-state index contributed by atoms with van der Waals surface area (Å²) in [5, 5.41) is 0. The minimum atomic E-state index is -0.260. The number of halogens is 1. The molecule has 3 rings (SSSR count). The second kappa shape index (κ2) is 9.85. The molecule has 0 N–H and O–H groups in total. The van der Waals surface area contributed by atoms with Crippen molar-refractivity contribution in [2.24, 2.45) is 0 Å². The predicted molar refractivity (Wildman–Crippen MR) is 112 cm³/mol. The van der Waals surface area contributed by atoms with Gasteiger partial charge in [0.1, 0.15) is 11.6 Å².